The summed E-state index contributed by atoms with van der Waals surface area (Å²) in [5.74, 6) is -1.15. The second kappa shape index (κ2) is 6.37. The number of rotatable bonds is 6. The van der Waals surface area contributed by atoms with Crippen LogP contribution in [0.25, 0.3) is 0 Å². The summed E-state index contributed by atoms with van der Waals surface area (Å²) >= 11 is 0. The van der Waals surface area contributed by atoms with Crippen molar-refractivity contribution in [3.63, 3.8) is 0 Å². The smallest absolute Gasteiger partial charge is 0.318 e. The number of carboxylic acids is 1. The molecular weight excluding hydrogens is 278 g/mol. The Balaban J connectivity index is 3.31. The molecule has 0 saturated heterocycles. The van der Waals surface area contributed by atoms with Gasteiger partial charge < -0.3 is 5.11 Å². The molecule has 5 nitrogen and oxygen atoms in total. The number of carboxylic acid groups (broad SMARTS) is 1. The van der Waals surface area contributed by atoms with Crippen LogP contribution < -0.4 is 0 Å². The zero-order valence-electron chi connectivity index (χ0n) is 12.3. The van der Waals surface area contributed by atoms with Crippen molar-refractivity contribution in [2.75, 3.05) is 6.54 Å². The van der Waals surface area contributed by atoms with Crippen LogP contribution in [0.5, 0.6) is 0 Å². The highest BCUT2D eigenvalue weighted by Crippen LogP contribution is 2.21. The van der Waals surface area contributed by atoms with Crippen LogP contribution in [-0.2, 0) is 14.8 Å². The van der Waals surface area contributed by atoms with Crippen molar-refractivity contribution in [1.82, 2.24) is 4.31 Å². The van der Waals surface area contributed by atoms with E-state index in [0.717, 1.165) is 15.4 Å². The second-order valence-electron chi connectivity index (χ2n) is 5.02. The quantitative estimate of drug-likeness (QED) is 0.873. The van der Waals surface area contributed by atoms with Crippen LogP contribution in [0.2, 0.25) is 0 Å². The van der Waals surface area contributed by atoms with Crippen LogP contribution in [0.15, 0.2) is 23.1 Å². The molecule has 0 aliphatic rings. The molecule has 1 unspecified atom stereocenters. The number of benzene rings is 1. The first-order valence-corrected chi connectivity index (χ1v) is 7.94. The van der Waals surface area contributed by atoms with E-state index in [0.29, 0.717) is 6.42 Å². The molecule has 0 heterocycles. The van der Waals surface area contributed by atoms with Crippen LogP contribution in [0.4, 0.5) is 0 Å². The lowest BCUT2D eigenvalue weighted by Gasteiger charge is -2.26. The van der Waals surface area contributed by atoms with Crippen molar-refractivity contribution in [3.8, 4) is 0 Å². The van der Waals surface area contributed by atoms with Gasteiger partial charge in [0.15, 0.2) is 0 Å². The van der Waals surface area contributed by atoms with Gasteiger partial charge in [0, 0.05) is 6.04 Å². The Bertz CT molecular complexity index is 575. The molecule has 1 N–H and O–H groups in total. The lowest BCUT2D eigenvalue weighted by Crippen LogP contribution is -2.41. The Hall–Kier alpha value is -1.40. The maximum Gasteiger partial charge on any atom is 0.318 e. The molecule has 112 valence electrons. The summed E-state index contributed by atoms with van der Waals surface area (Å²) in [6.07, 6.45) is 0.553. The first-order chi connectivity index (χ1) is 9.18. The molecule has 0 saturated carbocycles. The largest absolute Gasteiger partial charge is 0.480 e. The maximum absolute atomic E-state index is 12.6. The number of carbonyl (C=O) groups is 1. The first-order valence-electron chi connectivity index (χ1n) is 6.50. The van der Waals surface area contributed by atoms with Gasteiger partial charge in [0.25, 0.3) is 0 Å². The standard InChI is InChI=1S/C14H21NO4S/c1-5-12(4)15(9-14(16)17)20(18,19)13-7-10(2)6-11(3)8-13/h6-8,12H,5,9H2,1-4H3,(H,16,17). The van der Waals surface area contributed by atoms with E-state index in [1.54, 1.807) is 19.1 Å². The predicted molar refractivity (Wildman–Crippen MR) is 77.2 cm³/mol. The monoisotopic (exact) mass is 299 g/mol. The summed E-state index contributed by atoms with van der Waals surface area (Å²) in [7, 11) is -3.80. The molecule has 0 amide bonds. The molecule has 1 rings (SSSR count). The highest BCUT2D eigenvalue weighted by molar-refractivity contribution is 7.89. The summed E-state index contributed by atoms with van der Waals surface area (Å²) in [5, 5.41) is 8.94. The van der Waals surface area contributed by atoms with Gasteiger partial charge in [-0.3, -0.25) is 4.79 Å². The molecule has 0 fully saturated rings. The molecule has 1 aromatic carbocycles. The molecule has 0 aliphatic heterocycles. The maximum atomic E-state index is 12.6. The van der Waals surface area contributed by atoms with Gasteiger partial charge in [-0.15, -0.1) is 0 Å². The van der Waals surface area contributed by atoms with E-state index in [2.05, 4.69) is 0 Å². The second-order valence-corrected chi connectivity index (χ2v) is 6.92. The Morgan fingerprint density at radius 2 is 1.75 bits per heavy atom. The van der Waals surface area contributed by atoms with Gasteiger partial charge in [0.1, 0.15) is 6.54 Å². The van der Waals surface area contributed by atoms with E-state index in [4.69, 9.17) is 5.11 Å². The fourth-order valence-electron chi connectivity index (χ4n) is 2.03. The summed E-state index contributed by atoms with van der Waals surface area (Å²) in [4.78, 5) is 11.1. The number of hydrogen-bond acceptors (Lipinski definition) is 3. The Kier molecular flexibility index (Phi) is 5.30. The van der Waals surface area contributed by atoms with Crippen molar-refractivity contribution in [2.24, 2.45) is 0 Å². The van der Waals surface area contributed by atoms with Gasteiger partial charge in [-0.1, -0.05) is 13.0 Å². The summed E-state index contributed by atoms with van der Waals surface area (Å²) < 4.78 is 26.3. The minimum Gasteiger partial charge on any atom is -0.480 e. The summed E-state index contributed by atoms with van der Waals surface area (Å²) in [6.45, 7) is 6.65. The SMILES string of the molecule is CCC(C)N(CC(=O)O)S(=O)(=O)c1cc(C)cc(C)c1. The van der Waals surface area contributed by atoms with Crippen molar-refractivity contribution in [1.29, 1.82) is 0 Å². The number of aryl methyl sites for hydroxylation is 2. The third kappa shape index (κ3) is 3.80. The van der Waals surface area contributed by atoms with E-state index in [1.807, 2.05) is 26.8 Å². The number of sulfonamides is 1. The lowest BCUT2D eigenvalue weighted by atomic mass is 10.2. The van der Waals surface area contributed by atoms with E-state index >= 15 is 0 Å². The van der Waals surface area contributed by atoms with Crippen molar-refractivity contribution < 1.29 is 18.3 Å². The van der Waals surface area contributed by atoms with Gasteiger partial charge in [0.05, 0.1) is 4.90 Å². The zero-order chi connectivity index (χ0) is 15.5. The molecular formula is C14H21NO4S. The topological polar surface area (TPSA) is 74.7 Å². The minimum absolute atomic E-state index is 0.150. The first kappa shape index (κ1) is 16.7. The van der Waals surface area contributed by atoms with Gasteiger partial charge >= 0.3 is 5.97 Å². The van der Waals surface area contributed by atoms with Crippen molar-refractivity contribution in [2.45, 2.75) is 45.1 Å². The average Bonchev–Trinajstić information content (AvgIpc) is 2.33. The number of aliphatic carboxylic acids is 1. The van der Waals surface area contributed by atoms with E-state index in [1.165, 1.54) is 0 Å². The minimum atomic E-state index is -3.80. The third-order valence-corrected chi connectivity index (χ3v) is 5.11. The normalized spacial score (nSPS) is 13.4. The van der Waals surface area contributed by atoms with E-state index < -0.39 is 22.5 Å². The molecule has 1 aromatic rings. The van der Waals surface area contributed by atoms with Crippen LogP contribution in [-0.4, -0.2) is 36.4 Å². The summed E-state index contributed by atoms with van der Waals surface area (Å²) in [5.41, 5.74) is 1.67. The molecule has 0 aliphatic carbocycles. The van der Waals surface area contributed by atoms with E-state index in [9.17, 15) is 13.2 Å². The van der Waals surface area contributed by atoms with E-state index in [-0.39, 0.29) is 10.9 Å². The Labute approximate surface area is 120 Å². The molecule has 20 heavy (non-hydrogen) atoms. The fraction of sp³-hybridized carbons (Fsp3) is 0.500. The highest BCUT2D eigenvalue weighted by atomic mass is 32.2. The van der Waals surface area contributed by atoms with Gasteiger partial charge in [-0.25, -0.2) is 8.42 Å². The Morgan fingerprint density at radius 1 is 1.25 bits per heavy atom. The van der Waals surface area contributed by atoms with Gasteiger partial charge in [-0.05, 0) is 50.5 Å². The van der Waals surface area contributed by atoms with Crippen LogP contribution in [0.1, 0.15) is 31.4 Å². The van der Waals surface area contributed by atoms with Crippen molar-refractivity contribution >= 4 is 16.0 Å². The van der Waals surface area contributed by atoms with Gasteiger partial charge in [-0.2, -0.15) is 4.31 Å². The average molecular weight is 299 g/mol. The van der Waals surface area contributed by atoms with Crippen LogP contribution in [0, 0.1) is 13.8 Å². The van der Waals surface area contributed by atoms with Gasteiger partial charge in [0.2, 0.25) is 10.0 Å². The molecule has 0 aromatic heterocycles. The van der Waals surface area contributed by atoms with Crippen LogP contribution >= 0.6 is 0 Å². The van der Waals surface area contributed by atoms with Crippen LogP contribution in [0.3, 0.4) is 0 Å². The Morgan fingerprint density at radius 3 is 2.15 bits per heavy atom. The summed E-state index contributed by atoms with van der Waals surface area (Å²) in [6, 6.07) is 4.65. The molecule has 0 spiro atoms. The zero-order valence-corrected chi connectivity index (χ0v) is 13.1. The predicted octanol–water partition coefficient (Wildman–Crippen LogP) is 2.18. The van der Waals surface area contributed by atoms with Crippen molar-refractivity contribution in [3.05, 3.63) is 29.3 Å². The molecule has 6 heteroatoms. The lowest BCUT2D eigenvalue weighted by molar-refractivity contribution is -0.137. The molecule has 0 radical (unpaired) electrons. The highest BCUT2D eigenvalue weighted by Gasteiger charge is 2.30. The molecule has 0 bridgehead atoms. The molecule has 1 atom stereocenters. The number of nitrogens with zero attached hydrogens (tertiary/aromatic N) is 1. The number of hydrogen-bond donors (Lipinski definition) is 1. The third-order valence-electron chi connectivity index (χ3n) is 3.18. The fourth-order valence-corrected chi connectivity index (χ4v) is 3.88.